The Labute approximate surface area is 186 Å². The largest absolute Gasteiger partial charge is 0.445 e. The van der Waals surface area contributed by atoms with E-state index in [0.29, 0.717) is 18.5 Å². The number of nitro groups is 1. The maximum absolute atomic E-state index is 12.9. The summed E-state index contributed by atoms with van der Waals surface area (Å²) in [5.41, 5.74) is 1.52. The molecular weight excluding hydrogens is 438 g/mol. The van der Waals surface area contributed by atoms with Gasteiger partial charge in [-0.15, -0.1) is 11.3 Å². The maximum atomic E-state index is 12.9. The van der Waals surface area contributed by atoms with Gasteiger partial charge in [-0.05, 0) is 36.2 Å². The van der Waals surface area contributed by atoms with E-state index in [0.717, 1.165) is 15.2 Å². The van der Waals surface area contributed by atoms with Crippen molar-refractivity contribution in [1.29, 1.82) is 0 Å². The van der Waals surface area contributed by atoms with Crippen LogP contribution >= 0.6 is 23.1 Å². The van der Waals surface area contributed by atoms with E-state index in [-0.39, 0.29) is 28.7 Å². The molecule has 160 valence electrons. The van der Waals surface area contributed by atoms with Gasteiger partial charge in [-0.2, -0.15) is 0 Å². The van der Waals surface area contributed by atoms with Crippen LogP contribution in [0.5, 0.6) is 0 Å². The molecule has 1 saturated heterocycles. The van der Waals surface area contributed by atoms with Crippen LogP contribution < -0.4 is 0 Å². The number of carbonyl (C=O) groups excluding carboxylic acids is 2. The number of hydrogen-bond acceptors (Lipinski definition) is 8. The molecule has 0 radical (unpaired) electrons. The van der Waals surface area contributed by atoms with Gasteiger partial charge in [0.2, 0.25) is 0 Å². The van der Waals surface area contributed by atoms with Crippen molar-refractivity contribution >= 4 is 50.2 Å². The number of amides is 1. The number of carbonyl (C=O) groups is 2. The summed E-state index contributed by atoms with van der Waals surface area (Å²) in [6.45, 7) is 1.92. The fourth-order valence-corrected chi connectivity index (χ4v) is 5.60. The van der Waals surface area contributed by atoms with Gasteiger partial charge in [-0.3, -0.25) is 19.8 Å². The van der Waals surface area contributed by atoms with Crippen molar-refractivity contribution in [3.05, 3.63) is 69.2 Å². The summed E-state index contributed by atoms with van der Waals surface area (Å²) in [7, 11) is 0. The third-order valence-electron chi connectivity index (χ3n) is 4.93. The summed E-state index contributed by atoms with van der Waals surface area (Å²) in [6, 6.07) is 13.4. The van der Waals surface area contributed by atoms with Crippen molar-refractivity contribution in [2.45, 2.75) is 31.2 Å². The maximum Gasteiger partial charge on any atom is 0.410 e. The van der Waals surface area contributed by atoms with E-state index in [1.54, 1.807) is 17.0 Å². The Bertz CT molecular complexity index is 1100. The number of nitrogens with zero attached hydrogens (tertiary/aromatic N) is 3. The summed E-state index contributed by atoms with van der Waals surface area (Å²) < 4.78 is 6.53. The highest BCUT2D eigenvalue weighted by Gasteiger charge is 2.39. The Morgan fingerprint density at radius 2 is 2.00 bits per heavy atom. The lowest BCUT2D eigenvalue weighted by Gasteiger charge is -2.22. The molecule has 2 atom stereocenters. The summed E-state index contributed by atoms with van der Waals surface area (Å²) in [6.07, 6.45) is 0.130. The SMILES string of the molecule is CC(=O)S[C@H]1C[C@@H](c2nc3ccccc3s2)N(C(=O)OCc2ccc([N+](=O)[O-])cc2)C1. The number of rotatable bonds is 5. The third kappa shape index (κ3) is 4.86. The highest BCUT2D eigenvalue weighted by Crippen LogP contribution is 2.40. The van der Waals surface area contributed by atoms with Crippen LogP contribution in [0.4, 0.5) is 10.5 Å². The van der Waals surface area contributed by atoms with Gasteiger partial charge >= 0.3 is 6.09 Å². The van der Waals surface area contributed by atoms with Gasteiger partial charge in [0, 0.05) is 30.9 Å². The molecule has 0 N–H and O–H groups in total. The molecule has 1 amide bonds. The van der Waals surface area contributed by atoms with Crippen molar-refractivity contribution in [3.8, 4) is 0 Å². The molecule has 1 aromatic heterocycles. The first-order valence-corrected chi connectivity index (χ1v) is 11.3. The predicted octanol–water partition coefficient (Wildman–Crippen LogP) is 4.94. The molecule has 0 aliphatic carbocycles. The van der Waals surface area contributed by atoms with Crippen LogP contribution in [-0.4, -0.2) is 37.8 Å². The smallest absolute Gasteiger partial charge is 0.410 e. The van der Waals surface area contributed by atoms with Gasteiger partial charge in [0.05, 0.1) is 21.2 Å². The van der Waals surface area contributed by atoms with Crippen molar-refractivity contribution < 1.29 is 19.2 Å². The van der Waals surface area contributed by atoms with Gasteiger partial charge < -0.3 is 4.74 Å². The highest BCUT2D eigenvalue weighted by molar-refractivity contribution is 8.14. The molecule has 3 aromatic rings. The number of nitro benzene ring substituents is 1. The van der Waals surface area contributed by atoms with Crippen LogP contribution in [0.3, 0.4) is 0 Å². The molecule has 0 saturated carbocycles. The zero-order valence-corrected chi connectivity index (χ0v) is 18.2. The Balaban J connectivity index is 1.50. The lowest BCUT2D eigenvalue weighted by atomic mass is 10.2. The molecule has 8 nitrogen and oxygen atoms in total. The minimum Gasteiger partial charge on any atom is -0.445 e. The van der Waals surface area contributed by atoms with Crippen LogP contribution in [0.1, 0.15) is 30.0 Å². The second-order valence-corrected chi connectivity index (χ2v) is 9.67. The molecule has 0 bridgehead atoms. The van der Waals surface area contributed by atoms with Gasteiger partial charge in [0.1, 0.15) is 11.6 Å². The van der Waals surface area contributed by atoms with E-state index in [1.165, 1.54) is 42.2 Å². The van der Waals surface area contributed by atoms with Gasteiger partial charge in [0.25, 0.3) is 5.69 Å². The molecule has 31 heavy (non-hydrogen) atoms. The Kier molecular flexibility index (Phi) is 6.19. The first kappa shape index (κ1) is 21.3. The number of benzene rings is 2. The standard InChI is InChI=1S/C21H19N3O5S2/c1-13(25)30-16-10-18(20-22-17-4-2-3-5-19(17)31-20)23(11-16)21(26)29-12-14-6-8-15(9-7-14)24(27)28/h2-9,16,18H,10-12H2,1H3/t16-,18-/m0/s1. The van der Waals surface area contributed by atoms with Gasteiger partial charge in [-0.25, -0.2) is 9.78 Å². The van der Waals surface area contributed by atoms with E-state index in [4.69, 9.17) is 9.72 Å². The quantitative estimate of drug-likeness (QED) is 0.395. The number of fused-ring (bicyclic) bond motifs is 1. The molecule has 4 rings (SSSR count). The number of thioether (sulfide) groups is 1. The normalized spacial score (nSPS) is 18.3. The second kappa shape index (κ2) is 9.03. The topological polar surface area (TPSA) is 103 Å². The zero-order valence-electron chi connectivity index (χ0n) is 16.6. The van der Waals surface area contributed by atoms with Crippen LogP contribution in [0, 0.1) is 10.1 Å². The minimum absolute atomic E-state index is 0.00438. The summed E-state index contributed by atoms with van der Waals surface area (Å²) >= 11 is 2.77. The Hall–Kier alpha value is -2.98. The number of non-ortho nitro benzene ring substituents is 1. The van der Waals surface area contributed by atoms with Crippen molar-refractivity contribution in [2.24, 2.45) is 0 Å². The molecule has 1 fully saturated rings. The number of ether oxygens (including phenoxy) is 1. The summed E-state index contributed by atoms with van der Waals surface area (Å²) in [5, 5.41) is 11.6. The van der Waals surface area contributed by atoms with E-state index in [2.05, 4.69) is 0 Å². The number of likely N-dealkylation sites (tertiary alicyclic amines) is 1. The molecule has 0 spiro atoms. The summed E-state index contributed by atoms with van der Waals surface area (Å²) in [5.74, 6) is 0. The Morgan fingerprint density at radius 3 is 2.68 bits per heavy atom. The molecule has 10 heteroatoms. The Morgan fingerprint density at radius 1 is 1.26 bits per heavy atom. The second-order valence-electron chi connectivity index (χ2n) is 7.13. The lowest BCUT2D eigenvalue weighted by molar-refractivity contribution is -0.384. The summed E-state index contributed by atoms with van der Waals surface area (Å²) in [4.78, 5) is 41.1. The number of para-hydroxylation sites is 1. The number of thiazole rings is 1. The first-order valence-electron chi connectivity index (χ1n) is 9.60. The monoisotopic (exact) mass is 457 g/mol. The first-order chi connectivity index (χ1) is 14.9. The van der Waals surface area contributed by atoms with Crippen LogP contribution in [0.2, 0.25) is 0 Å². The van der Waals surface area contributed by atoms with E-state index in [1.807, 2.05) is 24.3 Å². The van der Waals surface area contributed by atoms with E-state index >= 15 is 0 Å². The molecule has 1 aliphatic heterocycles. The average Bonchev–Trinajstić information content (AvgIpc) is 3.35. The van der Waals surface area contributed by atoms with E-state index in [9.17, 15) is 19.7 Å². The predicted molar refractivity (Wildman–Crippen MR) is 119 cm³/mol. The number of hydrogen-bond donors (Lipinski definition) is 0. The van der Waals surface area contributed by atoms with Crippen LogP contribution in [0.25, 0.3) is 10.2 Å². The minimum atomic E-state index is -0.491. The fourth-order valence-electron chi connectivity index (χ4n) is 3.53. The highest BCUT2D eigenvalue weighted by atomic mass is 32.2. The van der Waals surface area contributed by atoms with E-state index < -0.39 is 11.0 Å². The fraction of sp³-hybridized carbons (Fsp3) is 0.286. The molecule has 0 unspecified atom stereocenters. The lowest BCUT2D eigenvalue weighted by Crippen LogP contribution is -2.32. The molecule has 2 aromatic carbocycles. The molecular formula is C21H19N3O5S2. The van der Waals surface area contributed by atoms with Gasteiger partial charge in [-0.1, -0.05) is 23.9 Å². The molecule has 2 heterocycles. The average molecular weight is 458 g/mol. The third-order valence-corrected chi connectivity index (χ3v) is 7.08. The van der Waals surface area contributed by atoms with Crippen LogP contribution in [-0.2, 0) is 16.1 Å². The zero-order chi connectivity index (χ0) is 22.0. The number of aromatic nitrogens is 1. The van der Waals surface area contributed by atoms with Crippen molar-refractivity contribution in [3.63, 3.8) is 0 Å². The molecule has 1 aliphatic rings. The van der Waals surface area contributed by atoms with Crippen LogP contribution in [0.15, 0.2) is 48.5 Å². The van der Waals surface area contributed by atoms with Gasteiger partial charge in [0.15, 0.2) is 5.12 Å². The van der Waals surface area contributed by atoms with Crippen molar-refractivity contribution in [1.82, 2.24) is 9.88 Å². The van der Waals surface area contributed by atoms with Crippen molar-refractivity contribution in [2.75, 3.05) is 6.54 Å².